The maximum Gasteiger partial charge on any atom is 0.150 e. The van der Waals surface area contributed by atoms with Crippen LogP contribution in [0, 0.1) is 0 Å². The Kier molecular flexibility index (Phi) is 15.8. The first-order chi connectivity index (χ1) is 13.1. The number of carbonyl (C=O) groups is 1. The fourth-order valence-electron chi connectivity index (χ4n) is 2.00. The second kappa shape index (κ2) is 17.2. The number of hydrogen-bond acceptors (Lipinski definition) is 5. The molecule has 0 spiro atoms. The predicted octanol–water partition coefficient (Wildman–Crippen LogP) is 3.38. The third-order valence-corrected chi connectivity index (χ3v) is 3.43. The molecule has 0 heterocycles. The van der Waals surface area contributed by atoms with Crippen molar-refractivity contribution in [2.24, 2.45) is 5.73 Å². The van der Waals surface area contributed by atoms with Crippen LogP contribution in [0.3, 0.4) is 0 Å². The highest BCUT2D eigenvalue weighted by atomic mass is 16.5. The van der Waals surface area contributed by atoms with Crippen LogP contribution in [0.1, 0.15) is 42.3 Å². The Bertz CT molecular complexity index is 557. The number of aldehydes is 1. The molecular formula is C22H35N3O2. The van der Waals surface area contributed by atoms with Gasteiger partial charge in [-0.15, -0.1) is 0 Å². The zero-order valence-corrected chi connectivity index (χ0v) is 17.1. The number of carbonyl (C=O) groups excluding carboxylic acids is 1. The van der Waals surface area contributed by atoms with Gasteiger partial charge in [-0.1, -0.05) is 45.0 Å². The number of rotatable bonds is 8. The first-order valence-electron chi connectivity index (χ1n) is 9.43. The summed E-state index contributed by atoms with van der Waals surface area (Å²) in [7, 11) is 1.59. The molecular weight excluding hydrogens is 338 g/mol. The molecule has 0 aromatic heterocycles. The van der Waals surface area contributed by atoms with Gasteiger partial charge in [0.05, 0.1) is 7.11 Å². The molecule has 0 unspecified atom stereocenters. The molecule has 0 aliphatic rings. The highest BCUT2D eigenvalue weighted by Crippen LogP contribution is 2.09. The Balaban J connectivity index is 0.000000455. The van der Waals surface area contributed by atoms with Gasteiger partial charge in [-0.25, -0.2) is 0 Å². The maximum absolute atomic E-state index is 10.2. The molecule has 0 fully saturated rings. The van der Waals surface area contributed by atoms with Gasteiger partial charge in [0.25, 0.3) is 0 Å². The molecule has 0 bridgehead atoms. The van der Waals surface area contributed by atoms with Crippen LogP contribution in [0.5, 0.6) is 5.75 Å². The summed E-state index contributed by atoms with van der Waals surface area (Å²) in [6.07, 6.45) is 0.805. The van der Waals surface area contributed by atoms with Crippen LogP contribution in [0.2, 0.25) is 0 Å². The van der Waals surface area contributed by atoms with Crippen molar-refractivity contribution in [2.75, 3.05) is 26.7 Å². The molecule has 5 heteroatoms. The minimum atomic E-state index is 0.667. The van der Waals surface area contributed by atoms with Gasteiger partial charge < -0.3 is 21.1 Å². The van der Waals surface area contributed by atoms with Crippen LogP contribution in [0.4, 0.5) is 0 Å². The number of nitrogens with one attached hydrogen (secondary N) is 2. The molecule has 0 saturated heterocycles. The number of benzene rings is 2. The molecule has 4 N–H and O–H groups in total. The summed E-state index contributed by atoms with van der Waals surface area (Å²) in [5, 5.41) is 6.62. The third kappa shape index (κ3) is 12.7. The van der Waals surface area contributed by atoms with Crippen LogP contribution in [0.15, 0.2) is 48.5 Å². The third-order valence-electron chi connectivity index (χ3n) is 3.43. The van der Waals surface area contributed by atoms with Crippen molar-refractivity contribution < 1.29 is 9.53 Å². The lowest BCUT2D eigenvalue weighted by molar-refractivity contribution is 0.112. The molecule has 27 heavy (non-hydrogen) atoms. The summed E-state index contributed by atoms with van der Waals surface area (Å²) in [5.74, 6) is 0.769. The molecule has 0 radical (unpaired) electrons. The summed E-state index contributed by atoms with van der Waals surface area (Å²) >= 11 is 0. The Morgan fingerprint density at radius 2 is 1.26 bits per heavy atom. The molecule has 0 saturated carbocycles. The van der Waals surface area contributed by atoms with Crippen molar-refractivity contribution in [1.29, 1.82) is 0 Å². The van der Waals surface area contributed by atoms with E-state index in [2.05, 4.69) is 48.7 Å². The number of hydrogen-bond donors (Lipinski definition) is 3. The van der Waals surface area contributed by atoms with E-state index < -0.39 is 0 Å². The lowest BCUT2D eigenvalue weighted by atomic mass is 10.1. The largest absolute Gasteiger partial charge is 0.497 e. The van der Waals surface area contributed by atoms with Crippen molar-refractivity contribution in [3.05, 3.63) is 65.2 Å². The lowest BCUT2D eigenvalue weighted by Gasteiger charge is -2.05. The summed E-state index contributed by atoms with van der Waals surface area (Å²) in [6.45, 7) is 10.9. The molecule has 2 aromatic carbocycles. The van der Waals surface area contributed by atoms with Gasteiger partial charge in [0, 0.05) is 18.7 Å². The van der Waals surface area contributed by atoms with Crippen molar-refractivity contribution in [3.63, 3.8) is 0 Å². The van der Waals surface area contributed by atoms with Gasteiger partial charge >= 0.3 is 0 Å². The fraction of sp³-hybridized carbons (Fsp3) is 0.409. The van der Waals surface area contributed by atoms with Crippen LogP contribution in [-0.4, -0.2) is 33.0 Å². The predicted molar refractivity (Wildman–Crippen MR) is 114 cm³/mol. The van der Waals surface area contributed by atoms with Gasteiger partial charge in [-0.05, 0) is 55.0 Å². The molecule has 5 nitrogen and oxygen atoms in total. The van der Waals surface area contributed by atoms with Crippen molar-refractivity contribution in [1.82, 2.24) is 10.6 Å². The highest BCUT2D eigenvalue weighted by molar-refractivity contribution is 5.74. The molecule has 0 aliphatic heterocycles. The zero-order valence-electron chi connectivity index (χ0n) is 17.1. The van der Waals surface area contributed by atoms with E-state index in [1.807, 2.05) is 6.92 Å². The first-order valence-corrected chi connectivity index (χ1v) is 9.43. The quantitative estimate of drug-likeness (QED) is 0.619. The van der Waals surface area contributed by atoms with Gasteiger partial charge in [0.1, 0.15) is 12.0 Å². The Hall–Kier alpha value is -2.21. The fourth-order valence-corrected chi connectivity index (χ4v) is 2.00. The summed E-state index contributed by atoms with van der Waals surface area (Å²) in [4.78, 5) is 10.2. The first kappa shape index (κ1) is 24.8. The minimum Gasteiger partial charge on any atom is -0.497 e. The van der Waals surface area contributed by atoms with Crippen molar-refractivity contribution in [2.45, 2.75) is 33.9 Å². The van der Waals surface area contributed by atoms with E-state index in [1.165, 1.54) is 11.1 Å². The molecule has 150 valence electrons. The van der Waals surface area contributed by atoms with E-state index in [0.29, 0.717) is 5.56 Å². The van der Waals surface area contributed by atoms with Crippen LogP contribution in [-0.2, 0) is 13.1 Å². The monoisotopic (exact) mass is 373 g/mol. The average molecular weight is 374 g/mol. The highest BCUT2D eigenvalue weighted by Gasteiger charge is 1.93. The van der Waals surface area contributed by atoms with E-state index in [1.54, 1.807) is 31.4 Å². The van der Waals surface area contributed by atoms with E-state index in [4.69, 9.17) is 10.5 Å². The summed E-state index contributed by atoms with van der Waals surface area (Å²) < 4.78 is 4.90. The number of ether oxygens (including phenoxy) is 1. The SMILES string of the molecule is CCN.CCNCc1ccc(CNCC)cc1.COc1ccc(C=O)cc1. The van der Waals surface area contributed by atoms with E-state index in [-0.39, 0.29) is 0 Å². The van der Waals surface area contributed by atoms with Gasteiger partial charge in [-0.2, -0.15) is 0 Å². The number of nitrogens with two attached hydrogens (primary N) is 1. The zero-order chi connectivity index (χ0) is 20.3. The van der Waals surface area contributed by atoms with Crippen LogP contribution < -0.4 is 21.1 Å². The molecule has 0 atom stereocenters. The smallest absolute Gasteiger partial charge is 0.150 e. The standard InChI is InChI=1S/C12H20N2.C8H8O2.C2H7N/c1-3-13-9-11-5-7-12(8-6-11)10-14-4-2;1-10-8-4-2-7(6-9)3-5-8;1-2-3/h5-8,13-14H,3-4,9-10H2,1-2H3;2-6H,1H3;2-3H2,1H3. The van der Waals surface area contributed by atoms with Crippen molar-refractivity contribution >= 4 is 6.29 Å². The Labute approximate surface area is 164 Å². The molecule has 2 rings (SSSR count). The van der Waals surface area contributed by atoms with Gasteiger partial charge in [-0.3, -0.25) is 4.79 Å². The molecule has 2 aromatic rings. The van der Waals surface area contributed by atoms with Crippen LogP contribution >= 0.6 is 0 Å². The summed E-state index contributed by atoms with van der Waals surface area (Å²) in [5.41, 5.74) is 8.22. The van der Waals surface area contributed by atoms with Gasteiger partial charge in [0.2, 0.25) is 0 Å². The second-order valence-electron chi connectivity index (χ2n) is 5.68. The molecule has 0 amide bonds. The van der Waals surface area contributed by atoms with E-state index in [0.717, 1.165) is 44.8 Å². The lowest BCUT2D eigenvalue weighted by Crippen LogP contribution is -2.13. The second-order valence-corrected chi connectivity index (χ2v) is 5.68. The maximum atomic E-state index is 10.2. The minimum absolute atomic E-state index is 0.667. The molecule has 0 aliphatic carbocycles. The number of methoxy groups -OCH3 is 1. The van der Waals surface area contributed by atoms with Gasteiger partial charge in [0.15, 0.2) is 0 Å². The summed E-state index contributed by atoms with van der Waals surface area (Å²) in [6, 6.07) is 15.7. The topological polar surface area (TPSA) is 76.4 Å². The van der Waals surface area contributed by atoms with E-state index >= 15 is 0 Å². The average Bonchev–Trinajstić information content (AvgIpc) is 2.72. The Morgan fingerprint density at radius 3 is 1.56 bits per heavy atom. The Morgan fingerprint density at radius 1 is 0.852 bits per heavy atom. The van der Waals surface area contributed by atoms with Crippen molar-refractivity contribution in [3.8, 4) is 5.75 Å². The van der Waals surface area contributed by atoms with E-state index in [9.17, 15) is 4.79 Å². The normalized spacial score (nSPS) is 9.37. The van der Waals surface area contributed by atoms with Crippen LogP contribution in [0.25, 0.3) is 0 Å².